The van der Waals surface area contributed by atoms with Crippen LogP contribution in [0, 0.1) is 6.92 Å². The number of carbonyl (C=O) groups is 2. The molecule has 1 amide bonds. The summed E-state index contributed by atoms with van der Waals surface area (Å²) in [4.78, 5) is 29.0. The molecule has 2 aliphatic heterocycles. The monoisotopic (exact) mass is 479 g/mol. The summed E-state index contributed by atoms with van der Waals surface area (Å²) in [6.45, 7) is 6.99. The normalized spacial score (nSPS) is 18.8. The van der Waals surface area contributed by atoms with Crippen LogP contribution in [0.5, 0.6) is 0 Å². The second kappa shape index (κ2) is 8.23. The Bertz CT molecular complexity index is 1130. The molecule has 0 bridgehead atoms. The lowest BCUT2D eigenvalue weighted by Gasteiger charge is -2.50. The molecule has 9 heteroatoms. The number of aliphatic hydroxyl groups is 1. The number of hydrogen-bond donors (Lipinski definition) is 1. The number of piperidine rings is 1. The first-order valence-corrected chi connectivity index (χ1v) is 11.4. The number of aromatic nitrogens is 1. The van der Waals surface area contributed by atoms with Crippen molar-refractivity contribution in [3.63, 3.8) is 0 Å². The lowest BCUT2D eigenvalue weighted by molar-refractivity contribution is -0.0892. The molecule has 0 unspecified atom stereocenters. The molecule has 186 valence electrons. The summed E-state index contributed by atoms with van der Waals surface area (Å²) in [5, 5.41) is 10.3. The highest BCUT2D eigenvalue weighted by atomic mass is 19.4. The number of amides is 1. The largest absolute Gasteiger partial charge is 0.456 e. The summed E-state index contributed by atoms with van der Waals surface area (Å²) in [5.74, 6) is -1.93. The fraction of sp³-hybridized carbons (Fsp3) is 0.520. The Labute approximate surface area is 198 Å². The van der Waals surface area contributed by atoms with E-state index in [-0.39, 0.29) is 13.0 Å². The number of benzene rings is 1. The van der Waals surface area contributed by atoms with E-state index >= 15 is 0 Å². The van der Waals surface area contributed by atoms with Crippen LogP contribution in [0.4, 0.5) is 13.2 Å². The molecule has 2 aromatic rings. The van der Waals surface area contributed by atoms with E-state index in [0.717, 1.165) is 11.1 Å². The van der Waals surface area contributed by atoms with Crippen molar-refractivity contribution < 1.29 is 29.3 Å². The van der Waals surface area contributed by atoms with Gasteiger partial charge < -0.3 is 14.6 Å². The van der Waals surface area contributed by atoms with Crippen LogP contribution in [-0.4, -0.2) is 64.0 Å². The zero-order chi connectivity index (χ0) is 25.1. The maximum Gasteiger partial charge on any atom is 0.456 e. The molecule has 6 nitrogen and oxygen atoms in total. The minimum absolute atomic E-state index is 0. The van der Waals surface area contributed by atoms with E-state index in [1.807, 2.05) is 14.0 Å². The van der Waals surface area contributed by atoms with Gasteiger partial charge >= 0.3 is 6.18 Å². The number of rotatable bonds is 3. The summed E-state index contributed by atoms with van der Waals surface area (Å²) in [7, 11) is 1.94. The van der Waals surface area contributed by atoms with E-state index in [2.05, 4.69) is 4.90 Å². The van der Waals surface area contributed by atoms with Gasteiger partial charge in [0.05, 0.1) is 16.8 Å². The Morgan fingerprint density at radius 2 is 1.68 bits per heavy atom. The highest BCUT2D eigenvalue weighted by molar-refractivity contribution is 5.99. The van der Waals surface area contributed by atoms with E-state index in [1.165, 1.54) is 10.6 Å². The smallest absolute Gasteiger partial charge is 0.386 e. The van der Waals surface area contributed by atoms with Crippen molar-refractivity contribution in [3.05, 3.63) is 58.4 Å². The number of aryl methyl sites for hydroxylation is 1. The Morgan fingerprint density at radius 1 is 1.03 bits per heavy atom. The Morgan fingerprint density at radius 3 is 2.24 bits per heavy atom. The van der Waals surface area contributed by atoms with Crippen LogP contribution >= 0.6 is 0 Å². The zero-order valence-electron chi connectivity index (χ0n) is 19.9. The first-order chi connectivity index (χ1) is 15.8. The van der Waals surface area contributed by atoms with Crippen molar-refractivity contribution in [2.75, 3.05) is 26.7 Å². The van der Waals surface area contributed by atoms with Gasteiger partial charge in [0, 0.05) is 38.9 Å². The third-order valence-corrected chi connectivity index (χ3v) is 7.35. The van der Waals surface area contributed by atoms with Gasteiger partial charge in [0.15, 0.2) is 0 Å². The average Bonchev–Trinajstić information content (AvgIpc) is 3.19. The predicted octanol–water partition coefficient (Wildman–Crippen LogP) is 4.09. The molecule has 1 saturated heterocycles. The van der Waals surface area contributed by atoms with E-state index in [1.54, 1.807) is 43.0 Å². The molecule has 0 saturated carbocycles. The molecule has 4 rings (SSSR count). The molecule has 34 heavy (non-hydrogen) atoms. The molecule has 0 radical (unpaired) electrons. The number of nitrogens with zero attached hydrogens (tertiary/aromatic N) is 3. The highest BCUT2D eigenvalue weighted by Crippen LogP contribution is 2.42. The van der Waals surface area contributed by atoms with Crippen LogP contribution in [0.25, 0.3) is 0 Å². The van der Waals surface area contributed by atoms with Gasteiger partial charge in [-0.1, -0.05) is 6.07 Å². The van der Waals surface area contributed by atoms with Gasteiger partial charge in [-0.3, -0.25) is 14.5 Å². The van der Waals surface area contributed by atoms with Gasteiger partial charge in [0.25, 0.3) is 11.7 Å². The summed E-state index contributed by atoms with van der Waals surface area (Å²) < 4.78 is 40.8. The van der Waals surface area contributed by atoms with Crippen molar-refractivity contribution in [1.82, 2.24) is 14.4 Å². The number of Topliss-reactive ketones (excluding diaryl/α,β-unsaturated/α-hetero) is 1. The van der Waals surface area contributed by atoms with Gasteiger partial charge in [-0.2, -0.15) is 13.2 Å². The van der Waals surface area contributed by atoms with Crippen LogP contribution < -0.4 is 0 Å². The molecule has 1 fully saturated rings. The van der Waals surface area contributed by atoms with Crippen LogP contribution in [-0.2, 0) is 17.7 Å². The highest BCUT2D eigenvalue weighted by Gasteiger charge is 2.47. The molecule has 0 aliphatic carbocycles. The van der Waals surface area contributed by atoms with Gasteiger partial charge in [-0.05, 0) is 76.1 Å². The molecular formula is C25H32F3N3O3. The fourth-order valence-corrected chi connectivity index (χ4v) is 5.50. The average molecular weight is 480 g/mol. The van der Waals surface area contributed by atoms with Crippen LogP contribution in [0.15, 0.2) is 30.3 Å². The predicted molar refractivity (Wildman–Crippen MR) is 123 cm³/mol. The molecule has 1 aromatic carbocycles. The topological polar surface area (TPSA) is 65.8 Å². The minimum Gasteiger partial charge on any atom is -0.386 e. The van der Waals surface area contributed by atoms with E-state index in [0.29, 0.717) is 50.3 Å². The Kier molecular flexibility index (Phi) is 5.93. The van der Waals surface area contributed by atoms with Crippen molar-refractivity contribution in [2.24, 2.45) is 0 Å². The van der Waals surface area contributed by atoms with E-state index in [4.69, 9.17) is 0 Å². The van der Waals surface area contributed by atoms with Crippen molar-refractivity contribution in [1.29, 1.82) is 0 Å². The molecule has 0 atom stereocenters. The number of likely N-dealkylation sites (N-methyl/N-ethyl adjacent to an activating group) is 1. The summed E-state index contributed by atoms with van der Waals surface area (Å²) in [6.07, 6.45) is -3.81. The lowest BCUT2D eigenvalue weighted by Crippen LogP contribution is -2.56. The maximum atomic E-state index is 13.2. The summed E-state index contributed by atoms with van der Waals surface area (Å²) in [5.41, 5.74) is 0.978. The summed E-state index contributed by atoms with van der Waals surface area (Å²) in [6, 6.07) is 8.18. The van der Waals surface area contributed by atoms with Crippen molar-refractivity contribution in [3.8, 4) is 0 Å². The van der Waals surface area contributed by atoms with Crippen LogP contribution in [0.3, 0.4) is 0 Å². The number of ketones is 1. The van der Waals surface area contributed by atoms with Gasteiger partial charge in [0.2, 0.25) is 0 Å². The van der Waals surface area contributed by atoms with Gasteiger partial charge in [0.1, 0.15) is 0 Å². The zero-order valence-corrected chi connectivity index (χ0v) is 19.9. The van der Waals surface area contributed by atoms with Crippen LogP contribution in [0.2, 0.25) is 0 Å². The number of likely N-dealkylation sites (tertiary alicyclic amines) is 1. The molecule has 2 aliphatic rings. The SMILES string of the molecule is Cc1cc(C(=O)N2CCC3(CC2)c2ccc(C(=O)C(F)(F)F)n2CCN3C)ccc1C(C)(C)O.[HH]. The number of halogens is 3. The van der Waals surface area contributed by atoms with Crippen molar-refractivity contribution >= 4 is 11.7 Å². The maximum absolute atomic E-state index is 13.2. The minimum atomic E-state index is -4.92. The van der Waals surface area contributed by atoms with E-state index in [9.17, 15) is 27.9 Å². The number of alkyl halides is 3. The first-order valence-electron chi connectivity index (χ1n) is 11.4. The van der Waals surface area contributed by atoms with Crippen LogP contribution in [0.1, 0.15) is 65.8 Å². The fourth-order valence-electron chi connectivity index (χ4n) is 5.50. The summed E-state index contributed by atoms with van der Waals surface area (Å²) >= 11 is 0. The lowest BCUT2D eigenvalue weighted by atomic mass is 9.81. The molecule has 1 aromatic heterocycles. The second-order valence-corrected chi connectivity index (χ2v) is 9.92. The number of hydrogen-bond acceptors (Lipinski definition) is 4. The third kappa shape index (κ3) is 4.05. The van der Waals surface area contributed by atoms with E-state index < -0.39 is 23.1 Å². The Balaban J connectivity index is 0.00000342. The third-order valence-electron chi connectivity index (χ3n) is 7.35. The number of carbonyl (C=O) groups excluding carboxylic acids is 2. The standard InChI is InChI=1S/C25H30F3N3O3.H2/c1-16-15-17(5-6-18(16)23(2,3)34)22(33)30-11-9-24(10-12-30)20-8-7-19(21(32)25(26,27)28)31(20)14-13-29(24)4;/h5-8,15,34H,9-14H2,1-4H3;1H. The molecule has 1 N–H and O–H groups in total. The molecule has 1 spiro atoms. The van der Waals surface area contributed by atoms with Gasteiger partial charge in [-0.25, -0.2) is 0 Å². The van der Waals surface area contributed by atoms with Crippen molar-refractivity contribution in [2.45, 2.75) is 57.5 Å². The quantitative estimate of drug-likeness (QED) is 0.674. The Hall–Kier alpha value is -2.65. The first kappa shape index (κ1) is 24.5. The number of fused-ring (bicyclic) bond motifs is 2. The molecular weight excluding hydrogens is 447 g/mol. The van der Waals surface area contributed by atoms with Gasteiger partial charge in [-0.15, -0.1) is 0 Å². The molecule has 3 heterocycles. The second-order valence-electron chi connectivity index (χ2n) is 9.92.